The van der Waals surface area contributed by atoms with E-state index in [1.165, 1.54) is 0 Å². The van der Waals surface area contributed by atoms with Gasteiger partial charge in [-0.05, 0) is 39.7 Å². The summed E-state index contributed by atoms with van der Waals surface area (Å²) in [5.41, 5.74) is 0.365. The number of rotatable bonds is 3. The van der Waals surface area contributed by atoms with Crippen molar-refractivity contribution in [1.29, 1.82) is 0 Å². The lowest BCUT2D eigenvalue weighted by Gasteiger charge is -2.13. The molecular formula is C11H6BrClF2N2O. The van der Waals surface area contributed by atoms with Crippen LogP contribution in [0.1, 0.15) is 16.3 Å². The van der Waals surface area contributed by atoms with Gasteiger partial charge in [-0.2, -0.15) is 8.78 Å². The Balaban J connectivity index is 2.73. The lowest BCUT2D eigenvalue weighted by atomic mass is 10.3. The minimum atomic E-state index is -3.66. The first-order valence-electron chi connectivity index (χ1n) is 4.80. The van der Waals surface area contributed by atoms with Crippen LogP contribution in [0.5, 0.6) is 0 Å². The molecule has 0 aliphatic carbocycles. The zero-order valence-electron chi connectivity index (χ0n) is 8.78. The summed E-state index contributed by atoms with van der Waals surface area (Å²) in [4.78, 5) is 14.4. The molecule has 0 fully saturated rings. The quantitative estimate of drug-likeness (QED) is 0.633. The maximum Gasteiger partial charge on any atom is 0.380 e. The van der Waals surface area contributed by atoms with Crippen LogP contribution in [0.2, 0.25) is 0 Å². The number of para-hydroxylation sites is 1. The van der Waals surface area contributed by atoms with Crippen LogP contribution in [0.3, 0.4) is 0 Å². The molecule has 3 nitrogen and oxygen atoms in total. The molecule has 1 aromatic heterocycles. The Morgan fingerprint density at radius 2 is 2.06 bits per heavy atom. The smallest absolute Gasteiger partial charge is 0.296 e. The average Bonchev–Trinajstić information content (AvgIpc) is 2.72. The fourth-order valence-electron chi connectivity index (χ4n) is 1.53. The van der Waals surface area contributed by atoms with Crippen molar-refractivity contribution in [3.05, 3.63) is 46.5 Å². The average molecular weight is 336 g/mol. The van der Waals surface area contributed by atoms with E-state index in [2.05, 4.69) is 20.9 Å². The number of alkyl halides is 3. The topological polar surface area (TPSA) is 34.9 Å². The van der Waals surface area contributed by atoms with Crippen molar-refractivity contribution in [2.45, 2.75) is 5.38 Å². The van der Waals surface area contributed by atoms with Gasteiger partial charge < -0.3 is 0 Å². The second-order valence-electron chi connectivity index (χ2n) is 3.41. The highest BCUT2D eigenvalue weighted by Crippen LogP contribution is 2.34. The molecule has 0 spiro atoms. The van der Waals surface area contributed by atoms with Gasteiger partial charge in [0, 0.05) is 4.47 Å². The molecule has 0 amide bonds. The number of carbonyl (C=O) groups excluding carboxylic acids is 1. The van der Waals surface area contributed by atoms with Crippen molar-refractivity contribution in [2.75, 3.05) is 0 Å². The van der Waals surface area contributed by atoms with Crippen molar-refractivity contribution >= 4 is 33.8 Å². The van der Waals surface area contributed by atoms with Crippen LogP contribution < -0.4 is 0 Å². The van der Waals surface area contributed by atoms with Gasteiger partial charge in [0.05, 0.1) is 11.9 Å². The third-order valence-electron chi connectivity index (χ3n) is 2.26. The zero-order valence-corrected chi connectivity index (χ0v) is 11.1. The molecule has 0 saturated heterocycles. The van der Waals surface area contributed by atoms with Gasteiger partial charge in [-0.25, -0.2) is 4.98 Å². The maximum absolute atomic E-state index is 13.2. The van der Waals surface area contributed by atoms with Crippen molar-refractivity contribution in [3.8, 4) is 5.69 Å². The molecule has 2 aromatic rings. The number of imidazole rings is 1. The third-order valence-corrected chi connectivity index (χ3v) is 3.10. The second-order valence-corrected chi connectivity index (χ2v) is 4.74. The van der Waals surface area contributed by atoms with E-state index in [-0.39, 0.29) is 5.69 Å². The number of aldehydes is 1. The van der Waals surface area contributed by atoms with Gasteiger partial charge in [-0.15, -0.1) is 0 Å². The molecule has 0 aliphatic heterocycles. The summed E-state index contributed by atoms with van der Waals surface area (Å²) in [6, 6.07) is 6.62. The van der Waals surface area contributed by atoms with Crippen molar-refractivity contribution in [3.63, 3.8) is 0 Å². The van der Waals surface area contributed by atoms with E-state index >= 15 is 0 Å². The minimum Gasteiger partial charge on any atom is -0.296 e. The molecule has 0 unspecified atom stereocenters. The standard InChI is InChI=1S/C11H6BrClF2N2O/c12-8-3-1-2-4-9(8)17-7(6-18)5-16-10(17)11(13,14)15/h1-6H. The highest BCUT2D eigenvalue weighted by atomic mass is 79.9. The summed E-state index contributed by atoms with van der Waals surface area (Å²) in [5, 5.41) is -3.66. The highest BCUT2D eigenvalue weighted by molar-refractivity contribution is 9.10. The zero-order chi connectivity index (χ0) is 13.3. The Morgan fingerprint density at radius 3 is 2.61 bits per heavy atom. The molecule has 0 N–H and O–H groups in total. The number of hydrogen-bond donors (Lipinski definition) is 0. The van der Waals surface area contributed by atoms with Gasteiger partial charge in [-0.3, -0.25) is 9.36 Å². The molecule has 1 aromatic carbocycles. The van der Waals surface area contributed by atoms with Gasteiger partial charge in [-0.1, -0.05) is 12.1 Å². The highest BCUT2D eigenvalue weighted by Gasteiger charge is 2.35. The Morgan fingerprint density at radius 1 is 1.39 bits per heavy atom. The first-order chi connectivity index (χ1) is 8.45. The van der Waals surface area contributed by atoms with Crippen molar-refractivity contribution in [1.82, 2.24) is 9.55 Å². The van der Waals surface area contributed by atoms with E-state index in [1.54, 1.807) is 24.3 Å². The molecule has 0 atom stereocenters. The van der Waals surface area contributed by atoms with E-state index in [4.69, 9.17) is 11.6 Å². The Bertz CT molecular complexity index is 595. The van der Waals surface area contributed by atoms with E-state index in [9.17, 15) is 13.6 Å². The van der Waals surface area contributed by atoms with Crippen LogP contribution >= 0.6 is 27.5 Å². The fraction of sp³-hybridized carbons (Fsp3) is 0.0909. The SMILES string of the molecule is O=Cc1cnc(C(F)(F)Cl)n1-c1ccccc1Br. The number of carbonyl (C=O) groups is 1. The number of nitrogens with zero attached hydrogens (tertiary/aromatic N) is 2. The molecule has 2 rings (SSSR count). The van der Waals surface area contributed by atoms with E-state index in [1.807, 2.05) is 0 Å². The van der Waals surface area contributed by atoms with Crippen LogP contribution in [-0.4, -0.2) is 15.8 Å². The van der Waals surface area contributed by atoms with E-state index in [0.29, 0.717) is 16.4 Å². The predicted octanol–water partition coefficient (Wildman–Crippen LogP) is 3.74. The molecule has 18 heavy (non-hydrogen) atoms. The van der Waals surface area contributed by atoms with Gasteiger partial charge in [0.2, 0.25) is 5.82 Å². The minimum absolute atomic E-state index is 0.00257. The van der Waals surface area contributed by atoms with Gasteiger partial charge in [0.1, 0.15) is 5.69 Å². The van der Waals surface area contributed by atoms with Crippen molar-refractivity contribution in [2.24, 2.45) is 0 Å². The number of benzene rings is 1. The Kier molecular flexibility index (Phi) is 3.49. The molecule has 0 saturated carbocycles. The lowest BCUT2D eigenvalue weighted by molar-refractivity contribution is 0.0826. The first kappa shape index (κ1) is 13.2. The summed E-state index contributed by atoms with van der Waals surface area (Å²) in [7, 11) is 0. The summed E-state index contributed by atoms with van der Waals surface area (Å²) in [5.74, 6) is -0.696. The van der Waals surface area contributed by atoms with Gasteiger partial charge in [0.15, 0.2) is 6.29 Å². The Labute approximate surface area is 115 Å². The van der Waals surface area contributed by atoms with E-state index in [0.717, 1.165) is 10.8 Å². The molecule has 1 heterocycles. The summed E-state index contributed by atoms with van der Waals surface area (Å²) >= 11 is 8.22. The molecule has 0 aliphatic rings. The van der Waals surface area contributed by atoms with Crippen LogP contribution in [0.15, 0.2) is 34.9 Å². The summed E-state index contributed by atoms with van der Waals surface area (Å²) < 4.78 is 28.0. The van der Waals surface area contributed by atoms with Crippen molar-refractivity contribution < 1.29 is 13.6 Å². The van der Waals surface area contributed by atoms with Crippen LogP contribution in [0.4, 0.5) is 8.78 Å². The monoisotopic (exact) mass is 334 g/mol. The number of halogens is 4. The normalized spacial score (nSPS) is 11.6. The molecule has 0 bridgehead atoms. The Hall–Kier alpha value is -1.27. The van der Waals surface area contributed by atoms with Gasteiger partial charge in [0.25, 0.3) is 0 Å². The largest absolute Gasteiger partial charge is 0.380 e. The van der Waals surface area contributed by atoms with E-state index < -0.39 is 11.2 Å². The number of hydrogen-bond acceptors (Lipinski definition) is 2. The molecule has 7 heteroatoms. The summed E-state index contributed by atoms with van der Waals surface area (Å²) in [6.45, 7) is 0. The third kappa shape index (κ3) is 2.30. The first-order valence-corrected chi connectivity index (χ1v) is 5.97. The summed E-state index contributed by atoms with van der Waals surface area (Å²) in [6.07, 6.45) is 1.50. The van der Waals surface area contributed by atoms with Crippen LogP contribution in [-0.2, 0) is 5.38 Å². The maximum atomic E-state index is 13.2. The predicted molar refractivity (Wildman–Crippen MR) is 66.4 cm³/mol. The van der Waals surface area contributed by atoms with Crippen LogP contribution in [0.25, 0.3) is 5.69 Å². The van der Waals surface area contributed by atoms with Gasteiger partial charge >= 0.3 is 5.38 Å². The number of aromatic nitrogens is 2. The molecular weight excluding hydrogens is 329 g/mol. The van der Waals surface area contributed by atoms with Crippen LogP contribution in [0, 0.1) is 0 Å². The lowest BCUT2D eigenvalue weighted by Crippen LogP contribution is -2.14. The second kappa shape index (κ2) is 4.78. The molecule has 0 radical (unpaired) electrons. The fourth-order valence-corrected chi connectivity index (χ4v) is 2.13. The molecule has 94 valence electrons.